The van der Waals surface area contributed by atoms with E-state index in [0.717, 1.165) is 18.8 Å². The lowest BCUT2D eigenvalue weighted by atomic mass is 10.1. The van der Waals surface area contributed by atoms with Crippen LogP contribution in [0.1, 0.15) is 12.0 Å². The van der Waals surface area contributed by atoms with E-state index < -0.39 is 0 Å². The Hall–Kier alpha value is -3.98. The quantitative estimate of drug-likeness (QED) is 0.391. The minimum Gasteiger partial charge on any atom is -0.504 e. The highest BCUT2D eigenvalue weighted by Crippen LogP contribution is 2.31. The zero-order valence-electron chi connectivity index (χ0n) is 18.5. The fourth-order valence-electron chi connectivity index (χ4n) is 3.88. The standard InChI is InChI=1S/C24H27N5O4/c1-26-29(16-7-8-22(32-2)21(31)13-16)15-19(25)17-5-3-6-18-20(30)14-23(27-24(17)18)28-9-4-11-33-12-10-28/h3,5-8,13-15,31H,1,4,9-12,25H2,2H3,(H,27,30)/b19-15-. The predicted molar refractivity (Wildman–Crippen MR) is 131 cm³/mol. The van der Waals surface area contributed by atoms with Gasteiger partial charge in [-0.2, -0.15) is 5.10 Å². The number of hydrogen-bond acceptors (Lipinski definition) is 8. The number of benzene rings is 2. The van der Waals surface area contributed by atoms with E-state index in [4.69, 9.17) is 15.2 Å². The normalized spacial score (nSPS) is 14.7. The van der Waals surface area contributed by atoms with Crippen molar-refractivity contribution in [2.75, 3.05) is 43.3 Å². The van der Waals surface area contributed by atoms with Crippen LogP contribution in [0.15, 0.2) is 58.6 Å². The summed E-state index contributed by atoms with van der Waals surface area (Å²) < 4.78 is 10.6. The predicted octanol–water partition coefficient (Wildman–Crippen LogP) is 2.85. The first-order valence-corrected chi connectivity index (χ1v) is 10.6. The van der Waals surface area contributed by atoms with Crippen LogP contribution in [-0.4, -0.2) is 50.2 Å². The first kappa shape index (κ1) is 22.2. The van der Waals surface area contributed by atoms with E-state index in [9.17, 15) is 9.90 Å². The molecule has 33 heavy (non-hydrogen) atoms. The molecule has 3 aromatic rings. The maximum Gasteiger partial charge on any atom is 0.191 e. The Bertz CT molecular complexity index is 1250. The molecule has 0 radical (unpaired) electrons. The number of hydrogen-bond donors (Lipinski definition) is 3. The van der Waals surface area contributed by atoms with Crippen molar-refractivity contribution in [3.8, 4) is 11.5 Å². The maximum atomic E-state index is 12.9. The van der Waals surface area contributed by atoms with Crippen molar-refractivity contribution in [3.05, 3.63) is 64.5 Å². The maximum absolute atomic E-state index is 12.9. The van der Waals surface area contributed by atoms with Crippen LogP contribution in [0.25, 0.3) is 16.6 Å². The number of aromatic nitrogens is 1. The first-order chi connectivity index (χ1) is 16.0. The number of pyridine rings is 1. The molecule has 1 aromatic heterocycles. The fraction of sp³-hybridized carbons (Fsp3) is 0.250. The zero-order valence-corrected chi connectivity index (χ0v) is 18.5. The van der Waals surface area contributed by atoms with Crippen LogP contribution < -0.4 is 25.8 Å². The number of methoxy groups -OCH3 is 1. The second kappa shape index (κ2) is 9.66. The van der Waals surface area contributed by atoms with Crippen LogP contribution in [0.2, 0.25) is 0 Å². The summed E-state index contributed by atoms with van der Waals surface area (Å²) in [4.78, 5) is 18.4. The molecular formula is C24H27N5O4. The van der Waals surface area contributed by atoms with Gasteiger partial charge < -0.3 is 30.2 Å². The molecule has 0 unspecified atom stereocenters. The van der Waals surface area contributed by atoms with Gasteiger partial charge in [-0.3, -0.25) is 4.79 Å². The smallest absolute Gasteiger partial charge is 0.191 e. The Labute approximate surface area is 191 Å². The highest BCUT2D eigenvalue weighted by Gasteiger charge is 2.15. The number of nitrogens with two attached hydrogens (primary N) is 1. The van der Waals surface area contributed by atoms with Crippen LogP contribution in [0.3, 0.4) is 0 Å². The van der Waals surface area contributed by atoms with E-state index in [2.05, 4.69) is 21.7 Å². The summed E-state index contributed by atoms with van der Waals surface area (Å²) in [6.07, 6.45) is 2.48. The molecule has 172 valence electrons. The van der Waals surface area contributed by atoms with Gasteiger partial charge >= 0.3 is 0 Å². The Balaban J connectivity index is 1.75. The third kappa shape index (κ3) is 4.63. The number of anilines is 2. The molecule has 0 spiro atoms. The number of nitrogens with one attached hydrogen (secondary N) is 1. The molecule has 0 saturated carbocycles. The van der Waals surface area contributed by atoms with E-state index in [-0.39, 0.29) is 11.2 Å². The fourth-order valence-corrected chi connectivity index (χ4v) is 3.88. The third-order valence-electron chi connectivity index (χ3n) is 5.57. The molecular weight excluding hydrogens is 422 g/mol. The summed E-state index contributed by atoms with van der Waals surface area (Å²) >= 11 is 0. The minimum atomic E-state index is -0.0858. The van der Waals surface area contributed by atoms with Gasteiger partial charge in [-0.15, -0.1) is 0 Å². The van der Waals surface area contributed by atoms with E-state index in [1.807, 2.05) is 6.07 Å². The molecule has 1 fully saturated rings. The molecule has 2 aromatic carbocycles. The lowest BCUT2D eigenvalue weighted by Crippen LogP contribution is -2.28. The van der Waals surface area contributed by atoms with Crippen molar-refractivity contribution in [2.24, 2.45) is 10.8 Å². The minimum absolute atomic E-state index is 0.0313. The summed E-state index contributed by atoms with van der Waals surface area (Å²) in [6, 6.07) is 11.9. The van der Waals surface area contributed by atoms with Crippen molar-refractivity contribution in [1.82, 2.24) is 4.98 Å². The van der Waals surface area contributed by atoms with Crippen molar-refractivity contribution >= 4 is 34.8 Å². The molecule has 0 atom stereocenters. The molecule has 4 N–H and O–H groups in total. The number of H-pyrrole nitrogens is 1. The summed E-state index contributed by atoms with van der Waals surface area (Å²) in [5, 5.41) is 16.1. The first-order valence-electron chi connectivity index (χ1n) is 10.6. The molecule has 0 amide bonds. The number of nitrogens with zero attached hydrogens (tertiary/aromatic N) is 3. The molecule has 9 nitrogen and oxygen atoms in total. The zero-order chi connectivity index (χ0) is 23.4. The highest BCUT2D eigenvalue weighted by atomic mass is 16.5. The number of ether oxygens (including phenoxy) is 2. The van der Waals surface area contributed by atoms with Crippen molar-refractivity contribution in [1.29, 1.82) is 0 Å². The summed E-state index contributed by atoms with van der Waals surface area (Å²) in [5.74, 6) is 1.05. The topological polar surface area (TPSA) is 116 Å². The van der Waals surface area contributed by atoms with Gasteiger partial charge in [-0.25, -0.2) is 5.01 Å². The second-order valence-corrected chi connectivity index (χ2v) is 7.63. The van der Waals surface area contributed by atoms with Crippen LogP contribution in [0.4, 0.5) is 11.5 Å². The number of para-hydroxylation sites is 1. The number of aromatic hydroxyl groups is 1. The van der Waals surface area contributed by atoms with Crippen LogP contribution >= 0.6 is 0 Å². The van der Waals surface area contributed by atoms with Gasteiger partial charge in [0.15, 0.2) is 16.9 Å². The molecule has 0 aliphatic carbocycles. The second-order valence-electron chi connectivity index (χ2n) is 7.63. The molecule has 4 rings (SSSR count). The number of phenolic OH excluding ortho intramolecular Hbond substituents is 1. The van der Waals surface area contributed by atoms with Gasteiger partial charge in [0.05, 0.1) is 36.8 Å². The van der Waals surface area contributed by atoms with Crippen LogP contribution in [-0.2, 0) is 4.74 Å². The SMILES string of the molecule is C=NN(/C=C(\N)c1cccc2c(=O)cc(N3CCCOCC3)[nH]c12)c1ccc(OC)c(O)c1. The third-order valence-corrected chi connectivity index (χ3v) is 5.57. The Kier molecular flexibility index (Phi) is 6.50. The molecule has 1 aliphatic heterocycles. The van der Waals surface area contributed by atoms with E-state index in [1.165, 1.54) is 18.2 Å². The average Bonchev–Trinajstić information content (AvgIpc) is 3.11. The molecule has 2 heterocycles. The van der Waals surface area contributed by atoms with Crippen molar-refractivity contribution < 1.29 is 14.6 Å². The average molecular weight is 450 g/mol. The van der Waals surface area contributed by atoms with Gasteiger partial charge in [-0.1, -0.05) is 12.1 Å². The van der Waals surface area contributed by atoms with Crippen LogP contribution in [0, 0.1) is 0 Å². The number of aromatic amines is 1. The number of fused-ring (bicyclic) bond motifs is 1. The summed E-state index contributed by atoms with van der Waals surface area (Å²) in [6.45, 7) is 6.42. The lowest BCUT2D eigenvalue weighted by molar-refractivity contribution is 0.152. The van der Waals surface area contributed by atoms with Crippen LogP contribution in [0.5, 0.6) is 11.5 Å². The summed E-state index contributed by atoms with van der Waals surface area (Å²) in [7, 11) is 1.48. The van der Waals surface area contributed by atoms with E-state index in [1.54, 1.807) is 36.5 Å². The van der Waals surface area contributed by atoms with Gasteiger partial charge in [0.25, 0.3) is 0 Å². The number of rotatable bonds is 6. The summed E-state index contributed by atoms with van der Waals surface area (Å²) in [5.41, 5.74) is 8.59. The van der Waals surface area contributed by atoms with E-state index in [0.29, 0.717) is 53.4 Å². The Morgan fingerprint density at radius 1 is 1.30 bits per heavy atom. The monoisotopic (exact) mass is 449 g/mol. The highest BCUT2D eigenvalue weighted by molar-refractivity contribution is 5.91. The van der Waals surface area contributed by atoms with Gasteiger partial charge in [0.2, 0.25) is 0 Å². The molecule has 9 heteroatoms. The van der Waals surface area contributed by atoms with Crippen molar-refractivity contribution in [3.63, 3.8) is 0 Å². The van der Waals surface area contributed by atoms with Crippen molar-refractivity contribution in [2.45, 2.75) is 6.42 Å². The van der Waals surface area contributed by atoms with Gasteiger partial charge in [0, 0.05) is 49.5 Å². The van der Waals surface area contributed by atoms with E-state index >= 15 is 0 Å². The number of phenols is 1. The van der Waals surface area contributed by atoms with Gasteiger partial charge in [-0.05, 0) is 24.6 Å². The number of hydrazone groups is 1. The van der Waals surface area contributed by atoms with Gasteiger partial charge in [0.1, 0.15) is 5.82 Å². The Morgan fingerprint density at radius 2 is 2.15 bits per heavy atom. The molecule has 1 saturated heterocycles. The largest absolute Gasteiger partial charge is 0.504 e. The molecule has 0 bridgehead atoms. The Morgan fingerprint density at radius 3 is 2.91 bits per heavy atom. The lowest BCUT2D eigenvalue weighted by Gasteiger charge is -2.22. The molecule has 1 aliphatic rings.